The van der Waals surface area contributed by atoms with Gasteiger partial charge >= 0.3 is 5.97 Å². The highest BCUT2D eigenvalue weighted by atomic mass is 16.4. The molecule has 0 aromatic heterocycles. The van der Waals surface area contributed by atoms with Crippen LogP contribution in [0.15, 0.2) is 0 Å². The van der Waals surface area contributed by atoms with Crippen LogP contribution in [0.3, 0.4) is 0 Å². The lowest BCUT2D eigenvalue weighted by Gasteiger charge is -2.08. The van der Waals surface area contributed by atoms with E-state index in [4.69, 9.17) is 5.11 Å². The molecule has 0 aromatic carbocycles. The summed E-state index contributed by atoms with van der Waals surface area (Å²) in [5, 5.41) is 10.4. The molecule has 0 saturated carbocycles. The van der Waals surface area contributed by atoms with Crippen molar-refractivity contribution in [3.8, 4) is 0 Å². The van der Waals surface area contributed by atoms with Crippen molar-refractivity contribution in [1.29, 1.82) is 0 Å². The molecule has 0 aliphatic carbocycles. The molecule has 0 atom stereocenters. The Hall–Kier alpha value is -1.39. The van der Waals surface area contributed by atoms with Crippen molar-refractivity contribution in [2.24, 2.45) is 5.41 Å². The molecule has 1 rings (SSSR count). The van der Waals surface area contributed by atoms with Gasteiger partial charge in [0.15, 0.2) is 0 Å². The average Bonchev–Trinajstić information content (AvgIpc) is 2.33. The number of nitrogens with one attached hydrogen (secondary N) is 1. The van der Waals surface area contributed by atoms with Gasteiger partial charge in [0.25, 0.3) is 0 Å². The van der Waals surface area contributed by atoms with Crippen molar-refractivity contribution in [2.45, 2.75) is 33.6 Å². The number of rotatable bonds is 0. The molecule has 80 valence electrons. The summed E-state index contributed by atoms with van der Waals surface area (Å²) in [6.45, 7) is 4.99. The fourth-order valence-electron chi connectivity index (χ4n) is 0.508. The van der Waals surface area contributed by atoms with Gasteiger partial charge in [0, 0.05) is 12.8 Å². The molecule has 5 heteroatoms. The minimum atomic E-state index is -0.757. The third-order valence-electron chi connectivity index (χ3n) is 1.50. The normalized spacial score (nSPS) is 15.6. The zero-order valence-electron chi connectivity index (χ0n) is 8.59. The van der Waals surface area contributed by atoms with Gasteiger partial charge in [-0.2, -0.15) is 0 Å². The Labute approximate surface area is 82.5 Å². The first-order chi connectivity index (χ1) is 6.23. The lowest BCUT2D eigenvalue weighted by atomic mass is 9.98. The van der Waals surface area contributed by atoms with Crippen LogP contribution in [0.5, 0.6) is 0 Å². The van der Waals surface area contributed by atoms with E-state index in [1.807, 2.05) is 0 Å². The van der Waals surface area contributed by atoms with Crippen molar-refractivity contribution < 1.29 is 19.5 Å². The number of hydrogen-bond acceptors (Lipinski definition) is 3. The highest BCUT2D eigenvalue weighted by molar-refractivity contribution is 6.01. The summed E-state index contributed by atoms with van der Waals surface area (Å²) in [6, 6.07) is 0. The van der Waals surface area contributed by atoms with Crippen LogP contribution in [0.2, 0.25) is 0 Å². The summed E-state index contributed by atoms with van der Waals surface area (Å²) in [5.41, 5.74) is -0.583. The van der Waals surface area contributed by atoms with Gasteiger partial charge in [-0.3, -0.25) is 19.7 Å². The number of carbonyl (C=O) groups is 3. The van der Waals surface area contributed by atoms with Crippen LogP contribution in [-0.2, 0) is 14.4 Å². The average molecular weight is 201 g/mol. The molecular weight excluding hydrogens is 186 g/mol. The maximum absolute atomic E-state index is 10.1. The summed E-state index contributed by atoms with van der Waals surface area (Å²) in [6.07, 6.45) is 0.748. The Bertz CT molecular complexity index is 238. The third-order valence-corrected chi connectivity index (χ3v) is 1.50. The van der Waals surface area contributed by atoms with Crippen LogP contribution in [-0.4, -0.2) is 22.9 Å². The van der Waals surface area contributed by atoms with Crippen LogP contribution in [0.4, 0.5) is 0 Å². The number of carboxylic acids is 1. The van der Waals surface area contributed by atoms with Crippen molar-refractivity contribution >= 4 is 17.8 Å². The van der Waals surface area contributed by atoms with Crippen LogP contribution in [0.1, 0.15) is 33.6 Å². The summed E-state index contributed by atoms with van der Waals surface area (Å²) >= 11 is 0. The first-order valence-electron chi connectivity index (χ1n) is 4.29. The Balaban J connectivity index is 0.000000241. The van der Waals surface area contributed by atoms with E-state index in [1.165, 1.54) is 0 Å². The lowest BCUT2D eigenvalue weighted by Crippen LogP contribution is -2.18. The zero-order valence-corrected chi connectivity index (χ0v) is 8.59. The molecule has 1 aliphatic heterocycles. The number of carbonyl (C=O) groups excluding carboxylic acids is 2. The molecule has 1 aliphatic rings. The summed E-state index contributed by atoms with van der Waals surface area (Å²) < 4.78 is 0. The van der Waals surface area contributed by atoms with Crippen LogP contribution < -0.4 is 5.32 Å². The van der Waals surface area contributed by atoms with Gasteiger partial charge in [0.1, 0.15) is 0 Å². The topological polar surface area (TPSA) is 83.5 Å². The first kappa shape index (κ1) is 12.6. The van der Waals surface area contributed by atoms with E-state index >= 15 is 0 Å². The standard InChI is InChI=1S/C5H10O2.C4H5NO2/c1-5(2,3)4(6)7;6-3-1-2-4(7)5-3/h1-3H3,(H,6,7);1-2H2,(H,5,6,7). The largest absolute Gasteiger partial charge is 0.481 e. The number of aliphatic carboxylic acids is 1. The second kappa shape index (κ2) is 4.74. The molecule has 1 heterocycles. The van der Waals surface area contributed by atoms with Gasteiger partial charge in [-0.25, -0.2) is 0 Å². The number of carboxylic acid groups (broad SMARTS) is 1. The van der Waals surface area contributed by atoms with Gasteiger partial charge < -0.3 is 5.11 Å². The molecule has 0 spiro atoms. The van der Waals surface area contributed by atoms with E-state index in [2.05, 4.69) is 5.32 Å². The van der Waals surface area contributed by atoms with Gasteiger partial charge in [0.2, 0.25) is 11.8 Å². The van der Waals surface area contributed by atoms with E-state index in [9.17, 15) is 14.4 Å². The van der Waals surface area contributed by atoms with E-state index in [-0.39, 0.29) is 11.8 Å². The van der Waals surface area contributed by atoms with E-state index in [0.717, 1.165) is 0 Å². The SMILES string of the molecule is CC(C)(C)C(=O)O.O=C1CCC(=O)N1. The summed E-state index contributed by atoms with van der Waals surface area (Å²) in [7, 11) is 0. The summed E-state index contributed by atoms with van der Waals surface area (Å²) in [4.78, 5) is 30.3. The molecule has 0 unspecified atom stereocenters. The van der Waals surface area contributed by atoms with Crippen LogP contribution >= 0.6 is 0 Å². The smallest absolute Gasteiger partial charge is 0.308 e. The highest BCUT2D eigenvalue weighted by Gasteiger charge is 2.18. The Morgan fingerprint density at radius 2 is 1.50 bits per heavy atom. The van der Waals surface area contributed by atoms with Crippen molar-refractivity contribution in [2.75, 3.05) is 0 Å². The molecule has 2 N–H and O–H groups in total. The van der Waals surface area contributed by atoms with Crippen molar-refractivity contribution in [1.82, 2.24) is 5.32 Å². The molecule has 2 amide bonds. The van der Waals surface area contributed by atoms with Gasteiger partial charge in [-0.1, -0.05) is 0 Å². The number of hydrogen-bond donors (Lipinski definition) is 2. The summed E-state index contributed by atoms with van der Waals surface area (Å²) in [5.74, 6) is -1.05. The predicted molar refractivity (Wildman–Crippen MR) is 49.5 cm³/mol. The van der Waals surface area contributed by atoms with E-state index in [0.29, 0.717) is 12.8 Å². The molecule has 0 radical (unpaired) electrons. The first-order valence-corrected chi connectivity index (χ1v) is 4.29. The van der Waals surface area contributed by atoms with Crippen molar-refractivity contribution in [3.05, 3.63) is 0 Å². The maximum atomic E-state index is 10.1. The molecule has 5 nitrogen and oxygen atoms in total. The molecular formula is C9H15NO4. The minimum absolute atomic E-state index is 0.148. The zero-order chi connectivity index (χ0) is 11.4. The van der Waals surface area contributed by atoms with Crippen LogP contribution in [0, 0.1) is 5.41 Å². The van der Waals surface area contributed by atoms with Crippen molar-refractivity contribution in [3.63, 3.8) is 0 Å². The maximum Gasteiger partial charge on any atom is 0.308 e. The molecule has 14 heavy (non-hydrogen) atoms. The van der Waals surface area contributed by atoms with E-state index < -0.39 is 11.4 Å². The fourth-order valence-corrected chi connectivity index (χ4v) is 0.508. The Morgan fingerprint density at radius 1 is 1.21 bits per heavy atom. The lowest BCUT2D eigenvalue weighted by molar-refractivity contribution is -0.145. The molecule has 1 fully saturated rings. The molecule has 1 saturated heterocycles. The van der Waals surface area contributed by atoms with Gasteiger partial charge in [-0.05, 0) is 20.8 Å². The highest BCUT2D eigenvalue weighted by Crippen LogP contribution is 2.11. The Kier molecular flexibility index (Phi) is 4.27. The quantitative estimate of drug-likeness (QED) is 0.560. The molecule has 0 aromatic rings. The minimum Gasteiger partial charge on any atom is -0.481 e. The molecule has 0 bridgehead atoms. The Morgan fingerprint density at radius 3 is 1.57 bits per heavy atom. The third kappa shape index (κ3) is 5.29. The second-order valence-electron chi connectivity index (χ2n) is 4.03. The predicted octanol–water partition coefficient (Wildman–Crippen LogP) is 0.540. The fraction of sp³-hybridized carbons (Fsp3) is 0.667. The second-order valence-corrected chi connectivity index (χ2v) is 4.03. The van der Waals surface area contributed by atoms with Gasteiger partial charge in [-0.15, -0.1) is 0 Å². The van der Waals surface area contributed by atoms with Crippen LogP contribution in [0.25, 0.3) is 0 Å². The van der Waals surface area contributed by atoms with Gasteiger partial charge in [0.05, 0.1) is 5.41 Å². The monoisotopic (exact) mass is 201 g/mol. The number of amides is 2. The number of imide groups is 1. The van der Waals surface area contributed by atoms with E-state index in [1.54, 1.807) is 20.8 Å².